The highest BCUT2D eigenvalue weighted by atomic mass is 16.4. The maximum Gasteiger partial charge on any atom is 0.326 e. The summed E-state index contributed by atoms with van der Waals surface area (Å²) in [5.74, 6) is -1.21. The van der Waals surface area contributed by atoms with Crippen LogP contribution in [0.15, 0.2) is 30.3 Å². The summed E-state index contributed by atoms with van der Waals surface area (Å²) in [7, 11) is 0. The molecule has 2 atom stereocenters. The lowest BCUT2D eigenvalue weighted by Crippen LogP contribution is -2.45. The SMILES string of the molecule is CCCC(C)C(=O)N(Cc1ccccc1)C(C)C(=O)O. The molecule has 0 heterocycles. The third kappa shape index (κ3) is 4.37. The summed E-state index contributed by atoms with van der Waals surface area (Å²) in [4.78, 5) is 25.1. The van der Waals surface area contributed by atoms with Crippen molar-refractivity contribution in [1.82, 2.24) is 4.90 Å². The molecule has 1 amide bonds. The predicted molar refractivity (Wildman–Crippen MR) is 78.2 cm³/mol. The molecule has 1 N–H and O–H groups in total. The van der Waals surface area contributed by atoms with E-state index < -0.39 is 12.0 Å². The van der Waals surface area contributed by atoms with Gasteiger partial charge in [0, 0.05) is 12.5 Å². The average Bonchev–Trinajstić information content (AvgIpc) is 2.44. The Kier molecular flexibility index (Phi) is 6.22. The van der Waals surface area contributed by atoms with Crippen molar-refractivity contribution in [1.29, 1.82) is 0 Å². The van der Waals surface area contributed by atoms with Crippen molar-refractivity contribution < 1.29 is 14.7 Å². The number of benzene rings is 1. The predicted octanol–water partition coefficient (Wildman–Crippen LogP) is 2.92. The highest BCUT2D eigenvalue weighted by Gasteiger charge is 2.28. The minimum atomic E-state index is -0.974. The number of rotatable bonds is 7. The van der Waals surface area contributed by atoms with Gasteiger partial charge in [-0.15, -0.1) is 0 Å². The van der Waals surface area contributed by atoms with Crippen molar-refractivity contribution >= 4 is 11.9 Å². The minimum Gasteiger partial charge on any atom is -0.480 e. The third-order valence-electron chi connectivity index (χ3n) is 3.45. The van der Waals surface area contributed by atoms with E-state index in [-0.39, 0.29) is 11.8 Å². The van der Waals surface area contributed by atoms with E-state index >= 15 is 0 Å². The van der Waals surface area contributed by atoms with E-state index in [4.69, 9.17) is 0 Å². The van der Waals surface area contributed by atoms with E-state index in [1.165, 1.54) is 4.90 Å². The van der Waals surface area contributed by atoms with Gasteiger partial charge in [-0.1, -0.05) is 50.6 Å². The van der Waals surface area contributed by atoms with Gasteiger partial charge < -0.3 is 10.0 Å². The first-order valence-electron chi connectivity index (χ1n) is 7.04. The summed E-state index contributed by atoms with van der Waals surface area (Å²) in [6.45, 7) is 5.77. The average molecular weight is 277 g/mol. The van der Waals surface area contributed by atoms with Crippen molar-refractivity contribution in [3.63, 3.8) is 0 Å². The normalized spacial score (nSPS) is 13.6. The third-order valence-corrected chi connectivity index (χ3v) is 3.45. The van der Waals surface area contributed by atoms with E-state index in [0.29, 0.717) is 6.54 Å². The van der Waals surface area contributed by atoms with Gasteiger partial charge >= 0.3 is 5.97 Å². The van der Waals surface area contributed by atoms with Gasteiger partial charge in [0.25, 0.3) is 0 Å². The molecule has 1 aromatic rings. The fourth-order valence-electron chi connectivity index (χ4n) is 2.16. The fourth-order valence-corrected chi connectivity index (χ4v) is 2.16. The second-order valence-electron chi connectivity index (χ2n) is 5.16. The lowest BCUT2D eigenvalue weighted by Gasteiger charge is -2.29. The molecule has 4 heteroatoms. The Morgan fingerprint density at radius 1 is 1.20 bits per heavy atom. The zero-order chi connectivity index (χ0) is 15.1. The molecule has 20 heavy (non-hydrogen) atoms. The monoisotopic (exact) mass is 277 g/mol. The van der Waals surface area contributed by atoms with Crippen molar-refractivity contribution in [2.75, 3.05) is 0 Å². The Morgan fingerprint density at radius 2 is 1.80 bits per heavy atom. The van der Waals surface area contributed by atoms with Gasteiger partial charge in [0.15, 0.2) is 0 Å². The summed E-state index contributed by atoms with van der Waals surface area (Å²) < 4.78 is 0. The molecule has 0 saturated heterocycles. The van der Waals surface area contributed by atoms with Gasteiger partial charge in [-0.05, 0) is 18.9 Å². The molecule has 0 aliphatic rings. The smallest absolute Gasteiger partial charge is 0.326 e. The molecule has 0 radical (unpaired) electrons. The van der Waals surface area contributed by atoms with Gasteiger partial charge in [0.1, 0.15) is 6.04 Å². The zero-order valence-electron chi connectivity index (χ0n) is 12.4. The molecule has 0 spiro atoms. The molecule has 0 saturated carbocycles. The lowest BCUT2D eigenvalue weighted by atomic mass is 10.0. The molecule has 1 aromatic carbocycles. The summed E-state index contributed by atoms with van der Waals surface area (Å²) in [5, 5.41) is 9.20. The Hall–Kier alpha value is -1.84. The van der Waals surface area contributed by atoms with Gasteiger partial charge in [-0.2, -0.15) is 0 Å². The first-order chi connectivity index (χ1) is 9.47. The molecule has 0 fully saturated rings. The van der Waals surface area contributed by atoms with Crippen molar-refractivity contribution in [3.8, 4) is 0 Å². The van der Waals surface area contributed by atoms with Crippen LogP contribution in [0.4, 0.5) is 0 Å². The van der Waals surface area contributed by atoms with E-state index in [9.17, 15) is 14.7 Å². The number of nitrogens with zero attached hydrogens (tertiary/aromatic N) is 1. The number of carboxylic acid groups (broad SMARTS) is 1. The van der Waals surface area contributed by atoms with Crippen molar-refractivity contribution in [2.24, 2.45) is 5.92 Å². The van der Waals surface area contributed by atoms with Crippen LogP contribution in [0.1, 0.15) is 39.2 Å². The van der Waals surface area contributed by atoms with Crippen molar-refractivity contribution in [2.45, 2.75) is 46.2 Å². The molecular weight excluding hydrogens is 254 g/mol. The lowest BCUT2D eigenvalue weighted by molar-refractivity contribution is -0.151. The van der Waals surface area contributed by atoms with Gasteiger partial charge in [-0.3, -0.25) is 4.79 Å². The van der Waals surface area contributed by atoms with E-state index in [1.54, 1.807) is 6.92 Å². The summed E-state index contributed by atoms with van der Waals surface area (Å²) in [6, 6.07) is 8.66. The van der Waals surface area contributed by atoms with E-state index in [2.05, 4.69) is 0 Å². The quantitative estimate of drug-likeness (QED) is 0.833. The Balaban J connectivity index is 2.91. The van der Waals surface area contributed by atoms with Gasteiger partial charge in [0.05, 0.1) is 0 Å². The number of carboxylic acids is 1. The van der Waals surface area contributed by atoms with Gasteiger partial charge in [-0.25, -0.2) is 4.79 Å². The zero-order valence-corrected chi connectivity index (χ0v) is 12.4. The minimum absolute atomic E-state index is 0.0920. The van der Waals surface area contributed by atoms with Crippen LogP contribution < -0.4 is 0 Å². The van der Waals surface area contributed by atoms with Crippen LogP contribution in [0.25, 0.3) is 0 Å². The number of carbonyl (C=O) groups is 2. The molecule has 2 unspecified atom stereocenters. The largest absolute Gasteiger partial charge is 0.480 e. The Bertz CT molecular complexity index is 444. The molecule has 110 valence electrons. The molecule has 0 aromatic heterocycles. The van der Waals surface area contributed by atoms with E-state index in [0.717, 1.165) is 18.4 Å². The number of amides is 1. The Morgan fingerprint density at radius 3 is 2.30 bits per heavy atom. The number of hydrogen-bond acceptors (Lipinski definition) is 2. The fraction of sp³-hybridized carbons (Fsp3) is 0.500. The van der Waals surface area contributed by atoms with Gasteiger partial charge in [0.2, 0.25) is 5.91 Å². The van der Waals surface area contributed by atoms with Crippen LogP contribution in [0.5, 0.6) is 0 Å². The topological polar surface area (TPSA) is 57.6 Å². The maximum absolute atomic E-state index is 12.4. The molecule has 4 nitrogen and oxygen atoms in total. The standard InChI is InChI=1S/C16H23NO3/c1-4-8-12(2)15(18)17(13(3)16(19)20)11-14-9-6-5-7-10-14/h5-7,9-10,12-13H,4,8,11H2,1-3H3,(H,19,20). The summed E-state index contributed by atoms with van der Waals surface area (Å²) >= 11 is 0. The molecule has 0 aliphatic carbocycles. The second kappa shape index (κ2) is 7.68. The molecular formula is C16H23NO3. The first kappa shape index (κ1) is 16.2. The Labute approximate surface area is 120 Å². The van der Waals surface area contributed by atoms with Crippen LogP contribution >= 0.6 is 0 Å². The van der Waals surface area contributed by atoms with E-state index in [1.807, 2.05) is 44.2 Å². The maximum atomic E-state index is 12.4. The van der Waals surface area contributed by atoms with Crippen LogP contribution in [0, 0.1) is 5.92 Å². The van der Waals surface area contributed by atoms with Crippen LogP contribution in [0.3, 0.4) is 0 Å². The number of hydrogen-bond donors (Lipinski definition) is 1. The molecule has 0 aliphatic heterocycles. The highest BCUT2D eigenvalue weighted by molar-refractivity contribution is 5.84. The van der Waals surface area contributed by atoms with Crippen LogP contribution in [-0.4, -0.2) is 27.9 Å². The first-order valence-corrected chi connectivity index (χ1v) is 7.04. The number of aliphatic carboxylic acids is 1. The summed E-state index contributed by atoms with van der Waals surface area (Å²) in [6.07, 6.45) is 1.68. The summed E-state index contributed by atoms with van der Waals surface area (Å²) in [5.41, 5.74) is 0.942. The molecule has 0 bridgehead atoms. The highest BCUT2D eigenvalue weighted by Crippen LogP contribution is 2.16. The van der Waals surface area contributed by atoms with Crippen LogP contribution in [0.2, 0.25) is 0 Å². The van der Waals surface area contributed by atoms with Crippen LogP contribution in [-0.2, 0) is 16.1 Å². The number of carbonyl (C=O) groups excluding carboxylic acids is 1. The molecule has 1 rings (SSSR count). The van der Waals surface area contributed by atoms with Crippen molar-refractivity contribution in [3.05, 3.63) is 35.9 Å². The second-order valence-corrected chi connectivity index (χ2v) is 5.16.